The molecule has 0 aromatic carbocycles. The molecule has 86 valence electrons. The maximum atomic E-state index is 11.1. The molecular weight excluding hydrogens is 208 g/mol. The number of nitrogens with zero attached hydrogens (tertiary/aromatic N) is 4. The number of carbonyl (C=O) groups is 1. The summed E-state index contributed by atoms with van der Waals surface area (Å²) in [5.74, 6) is 0.621. The summed E-state index contributed by atoms with van der Waals surface area (Å²) in [6, 6.07) is 0. The van der Waals surface area contributed by atoms with Crippen molar-refractivity contribution >= 4 is 11.7 Å². The molecule has 2 rings (SSSR count). The van der Waals surface area contributed by atoms with E-state index in [1.54, 1.807) is 6.92 Å². The van der Waals surface area contributed by atoms with Gasteiger partial charge in [-0.1, -0.05) is 13.8 Å². The normalized spacial score (nSPS) is 11.6. The van der Waals surface area contributed by atoms with E-state index in [9.17, 15) is 4.79 Å². The minimum Gasteiger partial charge on any atom is -0.476 e. The maximum absolute atomic E-state index is 11.1. The first-order chi connectivity index (χ1) is 7.43. The van der Waals surface area contributed by atoms with Gasteiger partial charge in [0.2, 0.25) is 5.78 Å². The Morgan fingerprint density at radius 3 is 2.56 bits per heavy atom. The fraction of sp³-hybridized carbons (Fsp3) is 0.500. The first kappa shape index (κ1) is 10.7. The van der Waals surface area contributed by atoms with Crippen molar-refractivity contribution < 1.29 is 9.90 Å². The van der Waals surface area contributed by atoms with E-state index in [0.717, 1.165) is 5.82 Å². The van der Waals surface area contributed by atoms with Crippen LogP contribution in [0.25, 0.3) is 5.78 Å². The van der Waals surface area contributed by atoms with Crippen LogP contribution in [-0.4, -0.2) is 30.2 Å². The second kappa shape index (κ2) is 3.33. The zero-order valence-electron chi connectivity index (χ0n) is 9.72. The summed E-state index contributed by atoms with van der Waals surface area (Å²) in [6.07, 6.45) is 0. The molecule has 0 spiro atoms. The Bertz CT molecular complexity index is 565. The smallest absolute Gasteiger partial charge is 0.356 e. The Kier molecular flexibility index (Phi) is 2.22. The van der Waals surface area contributed by atoms with Crippen LogP contribution in [0.2, 0.25) is 0 Å². The minimum absolute atomic E-state index is 0.137. The highest BCUT2D eigenvalue weighted by molar-refractivity contribution is 5.87. The molecule has 0 bridgehead atoms. The lowest BCUT2D eigenvalue weighted by molar-refractivity contribution is 0.0687. The number of aryl methyl sites for hydroxylation is 2. The second-order valence-electron chi connectivity index (χ2n) is 4.13. The van der Waals surface area contributed by atoms with Crippen molar-refractivity contribution in [3.63, 3.8) is 0 Å². The van der Waals surface area contributed by atoms with Crippen molar-refractivity contribution in [1.29, 1.82) is 0 Å². The van der Waals surface area contributed by atoms with Gasteiger partial charge in [0.1, 0.15) is 5.82 Å². The van der Waals surface area contributed by atoms with E-state index in [-0.39, 0.29) is 11.6 Å². The van der Waals surface area contributed by atoms with E-state index in [1.807, 2.05) is 25.5 Å². The van der Waals surface area contributed by atoms with Crippen molar-refractivity contribution in [2.45, 2.75) is 26.7 Å². The van der Waals surface area contributed by atoms with Crippen molar-refractivity contribution in [1.82, 2.24) is 19.2 Å². The Balaban J connectivity index is 2.79. The number of aromatic carboxylic acids is 1. The van der Waals surface area contributed by atoms with Crippen LogP contribution in [0.5, 0.6) is 0 Å². The molecule has 6 heteroatoms. The van der Waals surface area contributed by atoms with E-state index in [4.69, 9.17) is 5.11 Å². The van der Waals surface area contributed by atoms with Crippen LogP contribution in [-0.2, 0) is 7.05 Å². The molecule has 0 saturated heterocycles. The van der Waals surface area contributed by atoms with Gasteiger partial charge in [-0.25, -0.2) is 9.78 Å². The maximum Gasteiger partial charge on any atom is 0.356 e. The van der Waals surface area contributed by atoms with Crippen molar-refractivity contribution in [2.75, 3.05) is 0 Å². The second-order valence-corrected chi connectivity index (χ2v) is 4.13. The average Bonchev–Trinajstić information content (AvgIpc) is 2.63. The van der Waals surface area contributed by atoms with Gasteiger partial charge in [-0.3, -0.25) is 4.57 Å². The number of carboxylic acids is 1. The molecule has 0 atom stereocenters. The van der Waals surface area contributed by atoms with Gasteiger partial charge >= 0.3 is 5.97 Å². The molecule has 0 saturated carbocycles. The van der Waals surface area contributed by atoms with Crippen LogP contribution < -0.4 is 0 Å². The third-order valence-corrected chi connectivity index (χ3v) is 2.58. The molecule has 2 heterocycles. The number of hydrogen-bond donors (Lipinski definition) is 1. The Hall–Kier alpha value is -1.85. The van der Waals surface area contributed by atoms with Crippen molar-refractivity contribution in [2.24, 2.45) is 7.05 Å². The summed E-state index contributed by atoms with van der Waals surface area (Å²) >= 11 is 0. The van der Waals surface area contributed by atoms with Crippen LogP contribution in [0.1, 0.15) is 41.8 Å². The summed E-state index contributed by atoms with van der Waals surface area (Å²) < 4.78 is 3.22. The quantitative estimate of drug-likeness (QED) is 0.828. The fourth-order valence-electron chi connectivity index (χ4n) is 1.84. The highest BCUT2D eigenvalue weighted by Crippen LogP contribution is 2.17. The van der Waals surface area contributed by atoms with Gasteiger partial charge in [-0.15, -0.1) is 0 Å². The molecule has 0 unspecified atom stereocenters. The minimum atomic E-state index is -1.00. The van der Waals surface area contributed by atoms with E-state index < -0.39 is 5.97 Å². The first-order valence-electron chi connectivity index (χ1n) is 5.08. The van der Waals surface area contributed by atoms with E-state index in [1.165, 1.54) is 4.52 Å². The topological polar surface area (TPSA) is 72.4 Å². The Morgan fingerprint density at radius 2 is 2.06 bits per heavy atom. The summed E-state index contributed by atoms with van der Waals surface area (Å²) in [7, 11) is 1.84. The van der Waals surface area contributed by atoms with E-state index in [2.05, 4.69) is 10.1 Å². The number of carboxylic acid groups (broad SMARTS) is 1. The fourth-order valence-corrected chi connectivity index (χ4v) is 1.84. The highest BCUT2D eigenvalue weighted by atomic mass is 16.4. The number of imidazole rings is 1. The predicted molar refractivity (Wildman–Crippen MR) is 57.7 cm³/mol. The van der Waals surface area contributed by atoms with Crippen LogP contribution in [0, 0.1) is 6.92 Å². The lowest BCUT2D eigenvalue weighted by atomic mass is 10.2. The van der Waals surface area contributed by atoms with Gasteiger partial charge in [0, 0.05) is 13.0 Å². The number of hydrogen-bond acceptors (Lipinski definition) is 3. The molecule has 0 fully saturated rings. The zero-order valence-corrected chi connectivity index (χ0v) is 9.72. The lowest BCUT2D eigenvalue weighted by Gasteiger charge is -2.02. The first-order valence-corrected chi connectivity index (χ1v) is 5.08. The lowest BCUT2D eigenvalue weighted by Crippen LogP contribution is -2.05. The van der Waals surface area contributed by atoms with Gasteiger partial charge in [-0.2, -0.15) is 9.61 Å². The number of aromatic nitrogens is 4. The summed E-state index contributed by atoms with van der Waals surface area (Å²) in [6.45, 7) is 5.69. The molecular formula is C10H14N4O2. The Morgan fingerprint density at radius 1 is 1.44 bits per heavy atom. The molecule has 1 N–H and O–H groups in total. The predicted octanol–water partition coefficient (Wildman–Crippen LogP) is 1.20. The SMILES string of the molecule is Cc1nc2n(C)c(C(C)C)nn2c1C(=O)O. The largest absolute Gasteiger partial charge is 0.476 e. The average molecular weight is 222 g/mol. The van der Waals surface area contributed by atoms with E-state index >= 15 is 0 Å². The third kappa shape index (κ3) is 1.30. The molecule has 0 radical (unpaired) electrons. The van der Waals surface area contributed by atoms with Crippen LogP contribution in [0.3, 0.4) is 0 Å². The van der Waals surface area contributed by atoms with Crippen LogP contribution in [0.15, 0.2) is 0 Å². The summed E-state index contributed by atoms with van der Waals surface area (Å²) in [5.41, 5.74) is 0.624. The third-order valence-electron chi connectivity index (χ3n) is 2.58. The van der Waals surface area contributed by atoms with Crippen LogP contribution in [0.4, 0.5) is 0 Å². The van der Waals surface area contributed by atoms with Gasteiger partial charge in [-0.05, 0) is 6.92 Å². The molecule has 0 aliphatic heterocycles. The summed E-state index contributed by atoms with van der Waals surface area (Å²) in [5, 5.41) is 13.4. The number of rotatable bonds is 2. The molecule has 0 amide bonds. The van der Waals surface area contributed by atoms with Gasteiger partial charge in [0.15, 0.2) is 5.69 Å². The van der Waals surface area contributed by atoms with Gasteiger partial charge in [0.25, 0.3) is 0 Å². The molecule has 0 aliphatic carbocycles. The monoisotopic (exact) mass is 222 g/mol. The van der Waals surface area contributed by atoms with Gasteiger partial charge in [0.05, 0.1) is 5.69 Å². The number of fused-ring (bicyclic) bond motifs is 1. The summed E-state index contributed by atoms with van der Waals surface area (Å²) in [4.78, 5) is 15.3. The molecule has 6 nitrogen and oxygen atoms in total. The molecule has 16 heavy (non-hydrogen) atoms. The van der Waals surface area contributed by atoms with Crippen molar-refractivity contribution in [3.8, 4) is 0 Å². The highest BCUT2D eigenvalue weighted by Gasteiger charge is 2.21. The Labute approximate surface area is 92.5 Å². The van der Waals surface area contributed by atoms with E-state index in [0.29, 0.717) is 11.5 Å². The van der Waals surface area contributed by atoms with Crippen LogP contribution >= 0.6 is 0 Å². The molecule has 2 aromatic rings. The molecule has 0 aliphatic rings. The van der Waals surface area contributed by atoms with Crippen molar-refractivity contribution in [3.05, 3.63) is 17.2 Å². The van der Waals surface area contributed by atoms with Gasteiger partial charge < -0.3 is 5.11 Å². The zero-order chi connectivity index (χ0) is 12.0. The molecule has 2 aromatic heterocycles. The standard InChI is InChI=1S/C10H14N4O2/c1-5(2)8-12-14-7(9(15)16)6(3)11-10(14)13(8)4/h5H,1-4H3,(H,15,16).